The quantitative estimate of drug-likeness (QED) is 0.152. The Morgan fingerprint density at radius 1 is 0.436 bits per heavy atom. The fourth-order valence-electron chi connectivity index (χ4n) is 4.77. The van der Waals surface area contributed by atoms with E-state index in [2.05, 4.69) is 175 Å². The Morgan fingerprint density at radius 2 is 0.692 bits per heavy atom. The molecule has 0 atom stereocenters. The van der Waals surface area contributed by atoms with E-state index >= 15 is 0 Å². The van der Waals surface area contributed by atoms with Crippen LogP contribution < -0.4 is 16.6 Å². The van der Waals surface area contributed by atoms with Gasteiger partial charge in [0, 0.05) is 0 Å². The van der Waals surface area contributed by atoms with E-state index in [9.17, 15) is 0 Å². The van der Waals surface area contributed by atoms with Gasteiger partial charge in [0.15, 0.2) is 0 Å². The van der Waals surface area contributed by atoms with Gasteiger partial charge >= 0.3 is 268 Å². The summed E-state index contributed by atoms with van der Waals surface area (Å²) in [6, 6.07) is 39.5. The van der Waals surface area contributed by atoms with Gasteiger partial charge in [0.1, 0.15) is 0 Å². The van der Waals surface area contributed by atoms with Crippen molar-refractivity contribution < 1.29 is 6.03 Å². The molecule has 0 radical (unpaired) electrons. The Bertz CT molecular complexity index is 1420. The van der Waals surface area contributed by atoms with Crippen molar-refractivity contribution in [1.29, 1.82) is 0 Å². The van der Waals surface area contributed by atoms with Gasteiger partial charge in [-0.3, -0.25) is 0 Å². The molecule has 7 heteroatoms. The molecule has 0 fully saturated rings. The summed E-state index contributed by atoms with van der Waals surface area (Å²) in [7, 11) is 0. The van der Waals surface area contributed by atoms with Crippen molar-refractivity contribution in [2.45, 2.75) is 13.8 Å². The summed E-state index contributed by atoms with van der Waals surface area (Å²) >= 11 is 9.78. The zero-order chi connectivity index (χ0) is 27.6. The first kappa shape index (κ1) is 28.9. The summed E-state index contributed by atoms with van der Waals surface area (Å²) < 4.78 is 21.7. The summed E-state index contributed by atoms with van der Waals surface area (Å²) in [5.74, 6) is 1.39. The van der Waals surface area contributed by atoms with Crippen LogP contribution in [0, 0.1) is 13.8 Å². The number of halogens is 4. The molecule has 0 N–H and O–H groups in total. The van der Waals surface area contributed by atoms with Crippen LogP contribution in [-0.4, -0.2) is 18.2 Å². The van der Waals surface area contributed by atoms with Crippen LogP contribution in [0.4, 0.5) is 0 Å². The molecule has 0 amide bonds. The normalized spacial score (nSPS) is 12.4. The Kier molecular flexibility index (Phi) is 8.71. The molecule has 5 aromatic carbocycles. The van der Waals surface area contributed by atoms with Crippen LogP contribution in [0.25, 0.3) is 0 Å². The van der Waals surface area contributed by atoms with Crippen molar-refractivity contribution in [2.75, 3.05) is 0 Å². The fraction of sp³-hybridized carbons (Fsp3) is 0.0625. The summed E-state index contributed by atoms with van der Waals surface area (Å²) in [4.78, 5) is 0. The van der Waals surface area contributed by atoms with Crippen LogP contribution in [0.2, 0.25) is 0 Å². The molecule has 0 heterocycles. The van der Waals surface area contributed by atoms with Gasteiger partial charge in [-0.1, -0.05) is 0 Å². The number of aryl methyl sites for hydroxylation is 2. The summed E-state index contributed by atoms with van der Waals surface area (Å²) in [6.07, 6.45) is 0. The van der Waals surface area contributed by atoms with Gasteiger partial charge in [0.25, 0.3) is 0 Å². The monoisotopic (exact) mass is 878 g/mol. The summed E-state index contributed by atoms with van der Waals surface area (Å²) in [6.45, 7) is 4.13. The zero-order valence-electron chi connectivity index (χ0n) is 21.2. The van der Waals surface area contributed by atoms with Crippen LogP contribution in [0.5, 0.6) is 11.5 Å². The van der Waals surface area contributed by atoms with Gasteiger partial charge in [-0.05, 0) is 0 Å². The number of hydrogen-bond acceptors (Lipinski definition) is 2. The third-order valence-electron chi connectivity index (χ3n) is 6.49. The average molecular weight is 883 g/mol. The fourth-order valence-corrected chi connectivity index (χ4v) is 23.1. The topological polar surface area (TPSA) is 18.5 Å². The SMILES string of the molecule is Cc1cc(Br)c([O][Sb]([O]c2c(Br)cc(C)cc2Br)([c]2ccccc2)([c]2ccccc2)[c]2ccccc2)c(Br)c1. The molecule has 0 aliphatic carbocycles. The Morgan fingerprint density at radius 3 is 0.949 bits per heavy atom. The van der Waals surface area contributed by atoms with Crippen molar-refractivity contribution in [3.05, 3.63) is 144 Å². The first-order valence-corrected chi connectivity index (χ1v) is 21.3. The third-order valence-corrected chi connectivity index (χ3v) is 22.5. The van der Waals surface area contributed by atoms with E-state index in [1.54, 1.807) is 0 Å². The first-order valence-electron chi connectivity index (χ1n) is 12.2. The van der Waals surface area contributed by atoms with Crippen LogP contribution in [0.1, 0.15) is 11.1 Å². The van der Waals surface area contributed by atoms with Crippen LogP contribution in [-0.2, 0) is 0 Å². The first-order chi connectivity index (χ1) is 18.7. The molecule has 0 bridgehead atoms. The Hall–Kier alpha value is -1.56. The van der Waals surface area contributed by atoms with Gasteiger partial charge in [0.2, 0.25) is 0 Å². The molecule has 0 aromatic heterocycles. The molecule has 0 aliphatic heterocycles. The Labute approximate surface area is 265 Å². The van der Waals surface area contributed by atoms with E-state index in [1.807, 2.05) is 18.2 Å². The molecule has 0 aliphatic rings. The molecule has 39 heavy (non-hydrogen) atoms. The van der Waals surface area contributed by atoms with Gasteiger partial charge < -0.3 is 0 Å². The molecule has 0 spiro atoms. The molecule has 0 saturated heterocycles. The van der Waals surface area contributed by atoms with Crippen LogP contribution in [0.3, 0.4) is 0 Å². The van der Waals surface area contributed by atoms with Crippen molar-refractivity contribution in [2.24, 2.45) is 0 Å². The van der Waals surface area contributed by atoms with Crippen molar-refractivity contribution in [3.63, 3.8) is 0 Å². The predicted octanol–water partition coefficient (Wildman–Crippen LogP) is 8.93. The number of hydrogen-bond donors (Lipinski definition) is 0. The van der Waals surface area contributed by atoms with E-state index < -0.39 is 18.2 Å². The number of rotatable bonds is 7. The predicted molar refractivity (Wildman–Crippen MR) is 178 cm³/mol. The number of benzene rings is 5. The maximum absolute atomic E-state index is 7.65. The van der Waals surface area contributed by atoms with Gasteiger partial charge in [-0.2, -0.15) is 0 Å². The summed E-state index contributed by atoms with van der Waals surface area (Å²) in [5.41, 5.74) is 2.22. The van der Waals surface area contributed by atoms with Crippen molar-refractivity contribution >= 4 is 92.5 Å². The van der Waals surface area contributed by atoms with Crippen LogP contribution in [0.15, 0.2) is 133 Å². The molecule has 2 nitrogen and oxygen atoms in total. The zero-order valence-corrected chi connectivity index (χ0v) is 30.1. The molecule has 5 rings (SSSR count). The standard InChI is InChI=1S/2C7H6Br2O.3C6H5.Sb/c2*1-4-2-5(8)7(10)6(9)3-4;3*1-2-4-6-5-3-1;/h2*2-3,10H,1H3;3*1-5H;/q;;;;;+2/p-2. The second-order valence-corrected chi connectivity index (χ2v) is 23.6. The van der Waals surface area contributed by atoms with E-state index in [1.165, 1.54) is 0 Å². The molecular formula is C32H25Br4O2Sb. The minimum absolute atomic E-state index is 0.693. The van der Waals surface area contributed by atoms with Crippen molar-refractivity contribution in [3.8, 4) is 11.5 Å². The third kappa shape index (κ3) is 5.28. The molecular weight excluding hydrogens is 858 g/mol. The van der Waals surface area contributed by atoms with Gasteiger partial charge in [-0.15, -0.1) is 0 Å². The Balaban J connectivity index is 2.01. The second-order valence-electron chi connectivity index (χ2n) is 9.26. The maximum atomic E-state index is 7.65. The molecule has 0 saturated carbocycles. The van der Waals surface area contributed by atoms with E-state index in [0.717, 1.165) is 39.5 Å². The van der Waals surface area contributed by atoms with Gasteiger partial charge in [-0.25, -0.2) is 0 Å². The second kappa shape index (κ2) is 11.7. The van der Waals surface area contributed by atoms with Crippen molar-refractivity contribution in [1.82, 2.24) is 0 Å². The minimum atomic E-state index is -5.50. The molecule has 198 valence electrons. The summed E-state index contributed by atoms with van der Waals surface area (Å²) in [5, 5.41) is 0. The van der Waals surface area contributed by atoms with E-state index in [0.29, 0.717) is 11.5 Å². The molecule has 0 unspecified atom stereocenters. The average Bonchev–Trinajstić information content (AvgIpc) is 2.93. The van der Waals surface area contributed by atoms with Gasteiger partial charge in [0.05, 0.1) is 0 Å². The van der Waals surface area contributed by atoms with E-state index in [-0.39, 0.29) is 0 Å². The van der Waals surface area contributed by atoms with E-state index in [4.69, 9.17) is 6.03 Å². The van der Waals surface area contributed by atoms with Crippen LogP contribution >= 0.6 is 63.7 Å². The molecule has 5 aromatic rings.